The van der Waals surface area contributed by atoms with Crippen LogP contribution in [0, 0.1) is 25.5 Å². The molecule has 0 aliphatic carbocycles. The number of hydrogen-bond acceptors (Lipinski definition) is 4. The minimum atomic E-state index is -0.865. The van der Waals surface area contributed by atoms with Gasteiger partial charge in [-0.2, -0.15) is 0 Å². The largest absolute Gasteiger partial charge is 0.309 e. The van der Waals surface area contributed by atoms with Crippen LogP contribution in [0.15, 0.2) is 23.0 Å². The first kappa shape index (κ1) is 17.7. The minimum absolute atomic E-state index is 0.144. The predicted molar refractivity (Wildman–Crippen MR) is 96.0 cm³/mol. The summed E-state index contributed by atoms with van der Waals surface area (Å²) in [5.74, 6) is -1.17. The number of H-pyrrole nitrogens is 1. The van der Waals surface area contributed by atoms with Crippen molar-refractivity contribution >= 4 is 21.6 Å². The molecule has 0 bridgehead atoms. The topological polar surface area (TPSA) is 49.0 Å². The average molecular weight is 363 g/mol. The molecule has 3 rings (SSSR count). The third-order valence-corrected chi connectivity index (χ3v) is 5.63. The molecule has 0 fully saturated rings. The summed E-state index contributed by atoms with van der Waals surface area (Å²) < 4.78 is 26.4. The van der Waals surface area contributed by atoms with Crippen LogP contribution in [0.25, 0.3) is 10.2 Å². The maximum absolute atomic E-state index is 13.4. The summed E-state index contributed by atoms with van der Waals surface area (Å²) in [4.78, 5) is 23.6. The molecule has 1 aromatic carbocycles. The van der Waals surface area contributed by atoms with Crippen LogP contribution in [0.3, 0.4) is 0 Å². The van der Waals surface area contributed by atoms with Gasteiger partial charge in [-0.05, 0) is 51.1 Å². The van der Waals surface area contributed by atoms with Crippen LogP contribution in [0.5, 0.6) is 0 Å². The van der Waals surface area contributed by atoms with Crippen LogP contribution in [0.4, 0.5) is 8.78 Å². The number of rotatable bonds is 4. The molecule has 0 spiro atoms. The summed E-state index contributed by atoms with van der Waals surface area (Å²) >= 11 is 1.50. The molecule has 2 aromatic heterocycles. The summed E-state index contributed by atoms with van der Waals surface area (Å²) in [7, 11) is 1.85. The lowest BCUT2D eigenvalue weighted by atomic mass is 10.1. The smallest absolute Gasteiger partial charge is 0.259 e. The zero-order valence-corrected chi connectivity index (χ0v) is 15.3. The van der Waals surface area contributed by atoms with Crippen LogP contribution in [-0.2, 0) is 6.54 Å². The lowest BCUT2D eigenvalue weighted by Crippen LogP contribution is -2.26. The highest BCUT2D eigenvalue weighted by molar-refractivity contribution is 7.18. The number of nitrogens with zero attached hydrogens (tertiary/aromatic N) is 2. The second-order valence-electron chi connectivity index (χ2n) is 6.25. The molecule has 0 aliphatic heterocycles. The van der Waals surface area contributed by atoms with Gasteiger partial charge in [0.25, 0.3) is 5.56 Å². The van der Waals surface area contributed by atoms with E-state index in [1.165, 1.54) is 17.4 Å². The van der Waals surface area contributed by atoms with Gasteiger partial charge < -0.3 is 4.98 Å². The first-order chi connectivity index (χ1) is 11.8. The lowest BCUT2D eigenvalue weighted by Gasteiger charge is -2.24. The summed E-state index contributed by atoms with van der Waals surface area (Å²) in [5, 5.41) is 0.640. The second-order valence-corrected chi connectivity index (χ2v) is 7.46. The number of aryl methyl sites for hydroxylation is 2. The fourth-order valence-corrected chi connectivity index (χ4v) is 3.78. The predicted octanol–water partition coefficient (Wildman–Crippen LogP) is 4.07. The van der Waals surface area contributed by atoms with E-state index < -0.39 is 11.6 Å². The quantitative estimate of drug-likeness (QED) is 0.760. The van der Waals surface area contributed by atoms with Crippen molar-refractivity contribution in [2.75, 3.05) is 7.05 Å². The third kappa shape index (κ3) is 3.34. The van der Waals surface area contributed by atoms with E-state index in [1.54, 1.807) is 6.07 Å². The molecule has 0 amide bonds. The molecule has 1 unspecified atom stereocenters. The number of thiophene rings is 1. The number of nitrogens with one attached hydrogen (secondary N) is 1. The van der Waals surface area contributed by atoms with Crippen molar-refractivity contribution in [2.24, 2.45) is 0 Å². The van der Waals surface area contributed by atoms with E-state index in [-0.39, 0.29) is 11.6 Å². The van der Waals surface area contributed by atoms with Crippen LogP contribution >= 0.6 is 11.3 Å². The van der Waals surface area contributed by atoms with E-state index in [1.807, 2.05) is 32.7 Å². The molecule has 132 valence electrons. The molecule has 25 heavy (non-hydrogen) atoms. The normalized spacial score (nSPS) is 12.9. The number of aromatic nitrogens is 2. The molecular formula is C18H19F2N3OS. The van der Waals surface area contributed by atoms with Crippen LogP contribution < -0.4 is 5.56 Å². The van der Waals surface area contributed by atoms with E-state index in [9.17, 15) is 13.6 Å². The molecule has 1 N–H and O–H groups in total. The number of benzene rings is 1. The minimum Gasteiger partial charge on any atom is -0.309 e. The summed E-state index contributed by atoms with van der Waals surface area (Å²) in [5.41, 5.74) is 1.47. The Balaban J connectivity index is 1.89. The van der Waals surface area contributed by atoms with Crippen molar-refractivity contribution in [3.8, 4) is 0 Å². The first-order valence-corrected chi connectivity index (χ1v) is 8.73. The second kappa shape index (κ2) is 6.65. The van der Waals surface area contributed by atoms with Gasteiger partial charge in [-0.3, -0.25) is 9.69 Å². The molecule has 0 saturated heterocycles. The monoisotopic (exact) mass is 363 g/mol. The van der Waals surface area contributed by atoms with E-state index >= 15 is 0 Å². The molecule has 4 nitrogen and oxygen atoms in total. The Labute approximate surface area is 148 Å². The van der Waals surface area contributed by atoms with Crippen LogP contribution in [0.1, 0.15) is 34.8 Å². The number of aromatic amines is 1. The Bertz CT molecular complexity index is 996. The average Bonchev–Trinajstić information content (AvgIpc) is 2.85. The van der Waals surface area contributed by atoms with Gasteiger partial charge in [0.05, 0.1) is 11.4 Å². The number of fused-ring (bicyclic) bond motifs is 1. The van der Waals surface area contributed by atoms with Gasteiger partial charge in [0, 0.05) is 11.4 Å². The van der Waals surface area contributed by atoms with Gasteiger partial charge in [0.1, 0.15) is 10.7 Å². The standard InChI is InChI=1S/C18H19F2N3OS/c1-9-11(3)25-18-15(9)17(24)21-16(22-18)10(2)23(4)8-12-5-6-13(19)14(20)7-12/h5-7,10H,8H2,1-4H3,(H,21,22,24). The maximum atomic E-state index is 13.4. The Morgan fingerprint density at radius 2 is 2.00 bits per heavy atom. The Kier molecular flexibility index (Phi) is 4.71. The van der Waals surface area contributed by atoms with Gasteiger partial charge in [0.15, 0.2) is 11.6 Å². The van der Waals surface area contributed by atoms with Crippen molar-refractivity contribution in [1.29, 1.82) is 0 Å². The van der Waals surface area contributed by atoms with Gasteiger partial charge in [-0.25, -0.2) is 13.8 Å². The van der Waals surface area contributed by atoms with Crippen molar-refractivity contribution < 1.29 is 8.78 Å². The Morgan fingerprint density at radius 3 is 2.68 bits per heavy atom. The lowest BCUT2D eigenvalue weighted by molar-refractivity contribution is 0.243. The zero-order chi connectivity index (χ0) is 18.3. The molecular weight excluding hydrogens is 344 g/mol. The summed E-state index contributed by atoms with van der Waals surface area (Å²) in [6.45, 7) is 6.21. The van der Waals surface area contributed by atoms with Crippen LogP contribution in [0.2, 0.25) is 0 Å². The highest BCUT2D eigenvalue weighted by atomic mass is 32.1. The van der Waals surface area contributed by atoms with Gasteiger partial charge in [-0.15, -0.1) is 11.3 Å². The van der Waals surface area contributed by atoms with E-state index in [0.29, 0.717) is 23.3 Å². The number of hydrogen-bond donors (Lipinski definition) is 1. The molecule has 0 aliphatic rings. The Morgan fingerprint density at radius 1 is 1.28 bits per heavy atom. The third-order valence-electron chi connectivity index (χ3n) is 4.53. The molecule has 2 heterocycles. The summed E-state index contributed by atoms with van der Waals surface area (Å²) in [6, 6.07) is 3.66. The fourth-order valence-electron chi connectivity index (χ4n) is 2.74. The highest BCUT2D eigenvalue weighted by Gasteiger charge is 2.18. The van der Waals surface area contributed by atoms with Crippen molar-refractivity contribution in [1.82, 2.24) is 14.9 Å². The van der Waals surface area contributed by atoms with E-state index in [4.69, 9.17) is 0 Å². The van der Waals surface area contributed by atoms with Gasteiger partial charge >= 0.3 is 0 Å². The Hall–Kier alpha value is -2.12. The van der Waals surface area contributed by atoms with Gasteiger partial charge in [0.2, 0.25) is 0 Å². The van der Waals surface area contributed by atoms with Gasteiger partial charge in [-0.1, -0.05) is 6.07 Å². The highest BCUT2D eigenvalue weighted by Crippen LogP contribution is 2.27. The van der Waals surface area contributed by atoms with Crippen LogP contribution in [-0.4, -0.2) is 21.9 Å². The van der Waals surface area contributed by atoms with E-state index in [2.05, 4.69) is 9.97 Å². The molecule has 0 saturated carbocycles. The fraction of sp³-hybridized carbons (Fsp3) is 0.333. The molecule has 7 heteroatoms. The molecule has 1 atom stereocenters. The summed E-state index contributed by atoms with van der Waals surface area (Å²) in [6.07, 6.45) is 0. The number of halogens is 2. The van der Waals surface area contributed by atoms with E-state index in [0.717, 1.165) is 21.3 Å². The van der Waals surface area contributed by atoms with Crippen molar-refractivity contribution in [3.63, 3.8) is 0 Å². The SMILES string of the molecule is Cc1sc2nc(C(C)N(C)Cc3ccc(F)c(F)c3)[nH]c(=O)c2c1C. The molecule has 0 radical (unpaired) electrons. The van der Waals surface area contributed by atoms with Crippen molar-refractivity contribution in [2.45, 2.75) is 33.4 Å². The first-order valence-electron chi connectivity index (χ1n) is 7.92. The maximum Gasteiger partial charge on any atom is 0.259 e. The molecule has 3 aromatic rings. The zero-order valence-electron chi connectivity index (χ0n) is 14.5. The van der Waals surface area contributed by atoms with Crippen molar-refractivity contribution in [3.05, 3.63) is 62.0 Å².